The van der Waals surface area contributed by atoms with Gasteiger partial charge in [0.15, 0.2) is 5.76 Å². The first-order valence-electron chi connectivity index (χ1n) is 8.59. The lowest BCUT2D eigenvalue weighted by molar-refractivity contribution is -0.116. The number of benzene rings is 1. The molecule has 1 saturated heterocycles. The molecule has 2 N–H and O–H groups in total. The van der Waals surface area contributed by atoms with Crippen molar-refractivity contribution in [2.75, 3.05) is 43.9 Å². The van der Waals surface area contributed by atoms with E-state index in [2.05, 4.69) is 15.5 Å². The molecule has 0 aliphatic carbocycles. The predicted octanol–water partition coefficient (Wildman–Crippen LogP) is 2.06. The summed E-state index contributed by atoms with van der Waals surface area (Å²) in [5.74, 6) is 0.625. The molecule has 2 aliphatic rings. The van der Waals surface area contributed by atoms with Gasteiger partial charge < -0.3 is 20.3 Å². The van der Waals surface area contributed by atoms with Crippen molar-refractivity contribution in [1.82, 2.24) is 10.2 Å². The topological polar surface area (TPSA) is 70.7 Å². The second-order valence-corrected chi connectivity index (χ2v) is 6.98. The number of nitrogens with zero attached hydrogens (tertiary/aromatic N) is 1. The Morgan fingerprint density at radius 3 is 2.72 bits per heavy atom. The number of likely N-dealkylation sites (tertiary alicyclic amines) is 1. The molecule has 2 heterocycles. The van der Waals surface area contributed by atoms with Gasteiger partial charge in [-0.05, 0) is 38.1 Å². The SMILES string of the molecule is O=C(Nc1ccccc1C(=O)NCCN1CCCC1)C1=CSCCO1. The number of ether oxygens (including phenoxy) is 1. The second-order valence-electron chi connectivity index (χ2n) is 6.01. The van der Waals surface area contributed by atoms with E-state index < -0.39 is 0 Å². The molecule has 25 heavy (non-hydrogen) atoms. The summed E-state index contributed by atoms with van der Waals surface area (Å²) in [7, 11) is 0. The number of hydrogen-bond donors (Lipinski definition) is 2. The van der Waals surface area contributed by atoms with E-state index in [9.17, 15) is 9.59 Å². The number of rotatable bonds is 6. The van der Waals surface area contributed by atoms with Crippen LogP contribution in [0.5, 0.6) is 0 Å². The van der Waals surface area contributed by atoms with Gasteiger partial charge in [0.1, 0.15) is 0 Å². The minimum atomic E-state index is -0.329. The van der Waals surface area contributed by atoms with Crippen LogP contribution in [0.25, 0.3) is 0 Å². The number of anilines is 1. The molecule has 1 aromatic rings. The number of thioether (sulfide) groups is 1. The molecule has 6 nitrogen and oxygen atoms in total. The van der Waals surface area contributed by atoms with Crippen LogP contribution in [-0.2, 0) is 9.53 Å². The van der Waals surface area contributed by atoms with E-state index >= 15 is 0 Å². The van der Waals surface area contributed by atoms with E-state index in [0.29, 0.717) is 30.2 Å². The van der Waals surface area contributed by atoms with Gasteiger partial charge in [0, 0.05) is 24.3 Å². The molecule has 7 heteroatoms. The molecule has 0 radical (unpaired) electrons. The van der Waals surface area contributed by atoms with Gasteiger partial charge in [-0.25, -0.2) is 0 Å². The van der Waals surface area contributed by atoms with Crippen LogP contribution in [-0.4, -0.2) is 55.3 Å². The highest BCUT2D eigenvalue weighted by molar-refractivity contribution is 8.02. The van der Waals surface area contributed by atoms with E-state index in [1.807, 2.05) is 0 Å². The van der Waals surface area contributed by atoms with Crippen molar-refractivity contribution in [2.45, 2.75) is 12.8 Å². The molecule has 0 unspecified atom stereocenters. The summed E-state index contributed by atoms with van der Waals surface area (Å²) in [5, 5.41) is 7.42. The Kier molecular flexibility index (Phi) is 6.36. The highest BCUT2D eigenvalue weighted by atomic mass is 32.2. The standard InChI is InChI=1S/C18H23N3O3S/c22-17(19-7-10-21-8-3-4-9-21)14-5-1-2-6-15(14)20-18(23)16-13-25-12-11-24-16/h1-2,5-6,13H,3-4,7-12H2,(H,19,22)(H,20,23). The lowest BCUT2D eigenvalue weighted by Crippen LogP contribution is -2.34. The van der Waals surface area contributed by atoms with Crippen molar-refractivity contribution in [3.8, 4) is 0 Å². The largest absolute Gasteiger partial charge is 0.487 e. The van der Waals surface area contributed by atoms with Gasteiger partial charge in [-0.2, -0.15) is 0 Å². The molecule has 0 saturated carbocycles. The Morgan fingerprint density at radius 1 is 1.16 bits per heavy atom. The molecule has 3 rings (SSSR count). The Labute approximate surface area is 152 Å². The molecular formula is C18H23N3O3S. The van der Waals surface area contributed by atoms with Crippen molar-refractivity contribution in [2.24, 2.45) is 0 Å². The maximum atomic E-state index is 12.5. The number of carbonyl (C=O) groups is 2. The lowest BCUT2D eigenvalue weighted by atomic mass is 10.1. The predicted molar refractivity (Wildman–Crippen MR) is 99.6 cm³/mol. The third kappa shape index (κ3) is 4.99. The van der Waals surface area contributed by atoms with E-state index in [-0.39, 0.29) is 11.8 Å². The Balaban J connectivity index is 1.58. The molecule has 2 aliphatic heterocycles. The monoisotopic (exact) mass is 361 g/mol. The lowest BCUT2D eigenvalue weighted by Gasteiger charge is -2.17. The van der Waals surface area contributed by atoms with Crippen LogP contribution in [0.2, 0.25) is 0 Å². The van der Waals surface area contributed by atoms with E-state index in [4.69, 9.17) is 4.74 Å². The van der Waals surface area contributed by atoms with Gasteiger partial charge in [-0.1, -0.05) is 12.1 Å². The Morgan fingerprint density at radius 2 is 1.96 bits per heavy atom. The maximum absolute atomic E-state index is 12.5. The van der Waals surface area contributed by atoms with Gasteiger partial charge in [-0.3, -0.25) is 9.59 Å². The third-order valence-electron chi connectivity index (χ3n) is 4.21. The molecule has 0 aromatic heterocycles. The second kappa shape index (κ2) is 8.92. The fourth-order valence-corrected chi connectivity index (χ4v) is 3.51. The average molecular weight is 361 g/mol. The van der Waals surface area contributed by atoms with E-state index in [0.717, 1.165) is 25.4 Å². The van der Waals surface area contributed by atoms with Crippen LogP contribution in [0.1, 0.15) is 23.2 Å². The summed E-state index contributed by atoms with van der Waals surface area (Å²) in [4.78, 5) is 27.1. The molecule has 0 spiro atoms. The van der Waals surface area contributed by atoms with Crippen molar-refractivity contribution < 1.29 is 14.3 Å². The minimum absolute atomic E-state index is 0.178. The molecule has 0 atom stereocenters. The molecule has 1 fully saturated rings. The summed E-state index contributed by atoms with van der Waals surface area (Å²) in [6.45, 7) is 4.19. The number of para-hydroxylation sites is 1. The van der Waals surface area contributed by atoms with Gasteiger partial charge in [0.05, 0.1) is 17.9 Å². The molecule has 0 bridgehead atoms. The fourth-order valence-electron chi connectivity index (χ4n) is 2.89. The van der Waals surface area contributed by atoms with Crippen LogP contribution < -0.4 is 10.6 Å². The summed E-state index contributed by atoms with van der Waals surface area (Å²) in [6, 6.07) is 7.02. The molecular weight excluding hydrogens is 338 g/mol. The average Bonchev–Trinajstić information content (AvgIpc) is 3.16. The van der Waals surface area contributed by atoms with Crippen LogP contribution in [0.15, 0.2) is 35.4 Å². The van der Waals surface area contributed by atoms with Crippen LogP contribution >= 0.6 is 11.8 Å². The summed E-state index contributed by atoms with van der Waals surface area (Å²) in [5.41, 5.74) is 0.951. The highest BCUT2D eigenvalue weighted by Gasteiger charge is 2.18. The minimum Gasteiger partial charge on any atom is -0.487 e. The fraction of sp³-hybridized carbons (Fsp3) is 0.444. The first-order valence-corrected chi connectivity index (χ1v) is 9.64. The Bertz CT molecular complexity index is 657. The summed E-state index contributed by atoms with van der Waals surface area (Å²) >= 11 is 1.54. The highest BCUT2D eigenvalue weighted by Crippen LogP contribution is 2.19. The molecule has 1 aromatic carbocycles. The van der Waals surface area contributed by atoms with E-state index in [1.54, 1.807) is 41.4 Å². The third-order valence-corrected chi connectivity index (χ3v) is 4.99. The maximum Gasteiger partial charge on any atom is 0.291 e. The quantitative estimate of drug-likeness (QED) is 0.812. The van der Waals surface area contributed by atoms with Crippen molar-refractivity contribution in [3.63, 3.8) is 0 Å². The van der Waals surface area contributed by atoms with Crippen molar-refractivity contribution in [3.05, 3.63) is 41.0 Å². The van der Waals surface area contributed by atoms with Gasteiger partial charge in [0.25, 0.3) is 11.8 Å². The van der Waals surface area contributed by atoms with Crippen LogP contribution in [0.3, 0.4) is 0 Å². The Hall–Kier alpha value is -1.99. The van der Waals surface area contributed by atoms with E-state index in [1.165, 1.54) is 12.8 Å². The number of carbonyl (C=O) groups excluding carboxylic acids is 2. The smallest absolute Gasteiger partial charge is 0.291 e. The molecule has 2 amide bonds. The van der Waals surface area contributed by atoms with Crippen LogP contribution in [0.4, 0.5) is 5.69 Å². The van der Waals surface area contributed by atoms with Gasteiger partial charge >= 0.3 is 0 Å². The van der Waals surface area contributed by atoms with Crippen molar-refractivity contribution in [1.29, 1.82) is 0 Å². The number of amides is 2. The summed E-state index contributed by atoms with van der Waals surface area (Å²) < 4.78 is 5.36. The van der Waals surface area contributed by atoms with Gasteiger partial charge in [0.2, 0.25) is 0 Å². The first-order chi connectivity index (χ1) is 12.2. The van der Waals surface area contributed by atoms with Gasteiger partial charge in [-0.15, -0.1) is 11.8 Å². The normalized spacial score (nSPS) is 17.5. The first kappa shape index (κ1) is 17.8. The van der Waals surface area contributed by atoms with Crippen molar-refractivity contribution >= 4 is 29.3 Å². The number of nitrogens with one attached hydrogen (secondary N) is 2. The zero-order valence-electron chi connectivity index (χ0n) is 14.1. The van der Waals surface area contributed by atoms with Crippen LogP contribution in [0, 0.1) is 0 Å². The zero-order valence-corrected chi connectivity index (χ0v) is 14.9. The molecule has 134 valence electrons. The summed E-state index contributed by atoms with van der Waals surface area (Å²) in [6.07, 6.45) is 2.47. The zero-order chi connectivity index (χ0) is 17.5. The number of hydrogen-bond acceptors (Lipinski definition) is 5.